The zero-order valence-corrected chi connectivity index (χ0v) is 10.3. The molecule has 16 heavy (non-hydrogen) atoms. The summed E-state index contributed by atoms with van der Waals surface area (Å²) in [6.45, 7) is 0.779. The molecule has 3 rings (SSSR count). The molecule has 0 saturated carbocycles. The quantitative estimate of drug-likeness (QED) is 0.777. The fraction of sp³-hybridized carbons (Fsp3) is 0.333. The van der Waals surface area contributed by atoms with Gasteiger partial charge in [0, 0.05) is 34.8 Å². The van der Waals surface area contributed by atoms with Crippen LogP contribution in [0.15, 0.2) is 27.7 Å². The number of aliphatic imine (C=N–C) groups is 1. The number of hydrogen-bond acceptors (Lipinski definition) is 2. The van der Waals surface area contributed by atoms with Gasteiger partial charge in [0.15, 0.2) is 0 Å². The van der Waals surface area contributed by atoms with Crippen molar-refractivity contribution in [2.75, 3.05) is 6.54 Å². The lowest BCUT2D eigenvalue weighted by atomic mass is 9.83. The van der Waals surface area contributed by atoms with Crippen molar-refractivity contribution in [2.24, 2.45) is 4.99 Å². The molecule has 2 aliphatic rings. The molecule has 2 heterocycles. The second-order valence-corrected chi connectivity index (χ2v) is 5.10. The maximum absolute atomic E-state index is 11.9. The van der Waals surface area contributed by atoms with E-state index in [0.717, 1.165) is 35.0 Å². The van der Waals surface area contributed by atoms with Crippen LogP contribution in [-0.2, 0) is 5.54 Å². The van der Waals surface area contributed by atoms with E-state index < -0.39 is 0 Å². The monoisotopic (exact) mass is 278 g/mol. The summed E-state index contributed by atoms with van der Waals surface area (Å²) in [5.74, 6) is 0.0339. The Labute approximate surface area is 102 Å². The van der Waals surface area contributed by atoms with Gasteiger partial charge in [-0.15, -0.1) is 0 Å². The summed E-state index contributed by atoms with van der Waals surface area (Å²) in [5.41, 5.74) is 1.67. The summed E-state index contributed by atoms with van der Waals surface area (Å²) >= 11 is 3.55. The standard InChI is InChI=1S/C12H11BrN2O/c13-9-3-1-2-8-10(9)12(15-11(8)16)4-6-14-7-5-12/h1-3,6H,4-5,7H2,(H,15,16). The molecule has 0 aliphatic carbocycles. The van der Waals surface area contributed by atoms with E-state index in [4.69, 9.17) is 0 Å². The minimum Gasteiger partial charge on any atom is -0.342 e. The second-order valence-electron chi connectivity index (χ2n) is 4.24. The van der Waals surface area contributed by atoms with E-state index in [1.165, 1.54) is 0 Å². The van der Waals surface area contributed by atoms with E-state index >= 15 is 0 Å². The molecule has 1 atom stereocenters. The maximum atomic E-state index is 11.9. The van der Waals surface area contributed by atoms with Gasteiger partial charge in [0.25, 0.3) is 5.91 Å². The number of nitrogens with one attached hydrogen (secondary N) is 1. The van der Waals surface area contributed by atoms with Gasteiger partial charge in [0.2, 0.25) is 0 Å². The minimum absolute atomic E-state index is 0.0339. The van der Waals surface area contributed by atoms with E-state index in [2.05, 4.69) is 26.2 Å². The van der Waals surface area contributed by atoms with Gasteiger partial charge in [0.1, 0.15) is 0 Å². The third-order valence-electron chi connectivity index (χ3n) is 3.33. The highest BCUT2D eigenvalue weighted by Crippen LogP contribution is 2.41. The molecule has 0 saturated heterocycles. The summed E-state index contributed by atoms with van der Waals surface area (Å²) in [7, 11) is 0. The van der Waals surface area contributed by atoms with Gasteiger partial charge in [-0.3, -0.25) is 9.79 Å². The number of benzene rings is 1. The Hall–Kier alpha value is -1.16. The van der Waals surface area contributed by atoms with Gasteiger partial charge in [0.05, 0.1) is 5.54 Å². The van der Waals surface area contributed by atoms with Crippen molar-refractivity contribution >= 4 is 28.1 Å². The Balaban J connectivity index is 2.21. The van der Waals surface area contributed by atoms with Gasteiger partial charge < -0.3 is 5.32 Å². The zero-order valence-electron chi connectivity index (χ0n) is 8.66. The van der Waals surface area contributed by atoms with Gasteiger partial charge in [-0.25, -0.2) is 0 Å². The number of carbonyl (C=O) groups excluding carboxylic acids is 1. The molecule has 1 amide bonds. The molecule has 2 aliphatic heterocycles. The number of fused-ring (bicyclic) bond motifs is 2. The highest BCUT2D eigenvalue weighted by molar-refractivity contribution is 9.10. The Bertz CT molecular complexity index is 498. The van der Waals surface area contributed by atoms with Crippen molar-refractivity contribution in [1.82, 2.24) is 5.32 Å². The lowest BCUT2D eigenvalue weighted by molar-refractivity contribution is 0.0928. The van der Waals surface area contributed by atoms with Crippen LogP contribution in [0.2, 0.25) is 0 Å². The van der Waals surface area contributed by atoms with Crippen molar-refractivity contribution in [1.29, 1.82) is 0 Å². The Morgan fingerprint density at radius 3 is 3.06 bits per heavy atom. The summed E-state index contributed by atoms with van der Waals surface area (Å²) in [6, 6.07) is 5.78. The van der Waals surface area contributed by atoms with E-state index in [9.17, 15) is 4.79 Å². The SMILES string of the molecule is O=C1NC2(CC=NCC2)c2c(Br)cccc21. The van der Waals surface area contributed by atoms with Crippen LogP contribution in [0.1, 0.15) is 28.8 Å². The van der Waals surface area contributed by atoms with Crippen molar-refractivity contribution in [3.8, 4) is 0 Å². The second kappa shape index (κ2) is 3.42. The number of nitrogens with zero attached hydrogens (tertiary/aromatic N) is 1. The summed E-state index contributed by atoms with van der Waals surface area (Å²) in [5, 5.41) is 3.12. The van der Waals surface area contributed by atoms with Crippen LogP contribution in [0.3, 0.4) is 0 Å². The minimum atomic E-state index is -0.228. The molecule has 4 heteroatoms. The van der Waals surface area contributed by atoms with Gasteiger partial charge >= 0.3 is 0 Å². The van der Waals surface area contributed by atoms with Crippen LogP contribution in [0.4, 0.5) is 0 Å². The zero-order chi connectivity index (χ0) is 11.2. The van der Waals surface area contributed by atoms with Crippen LogP contribution in [0.25, 0.3) is 0 Å². The molecule has 1 spiro atoms. The fourth-order valence-corrected chi connectivity index (χ4v) is 3.30. The first-order chi connectivity index (χ1) is 7.73. The fourth-order valence-electron chi connectivity index (χ4n) is 2.56. The first-order valence-corrected chi connectivity index (χ1v) is 6.12. The molecule has 1 N–H and O–H groups in total. The van der Waals surface area contributed by atoms with Crippen molar-refractivity contribution in [3.63, 3.8) is 0 Å². The topological polar surface area (TPSA) is 41.5 Å². The third-order valence-corrected chi connectivity index (χ3v) is 3.99. The third kappa shape index (κ3) is 1.26. The van der Waals surface area contributed by atoms with Crippen molar-refractivity contribution in [3.05, 3.63) is 33.8 Å². The number of rotatable bonds is 0. The summed E-state index contributed by atoms with van der Waals surface area (Å²) < 4.78 is 1.01. The van der Waals surface area contributed by atoms with Gasteiger partial charge in [-0.1, -0.05) is 22.0 Å². The molecule has 1 aromatic carbocycles. The maximum Gasteiger partial charge on any atom is 0.252 e. The smallest absolute Gasteiger partial charge is 0.252 e. The lowest BCUT2D eigenvalue weighted by Crippen LogP contribution is -2.42. The lowest BCUT2D eigenvalue weighted by Gasteiger charge is -2.31. The van der Waals surface area contributed by atoms with Crippen molar-refractivity contribution in [2.45, 2.75) is 18.4 Å². The Morgan fingerprint density at radius 1 is 1.44 bits per heavy atom. The molecule has 1 unspecified atom stereocenters. The predicted molar refractivity (Wildman–Crippen MR) is 65.9 cm³/mol. The van der Waals surface area contributed by atoms with Crippen LogP contribution in [0.5, 0.6) is 0 Å². The van der Waals surface area contributed by atoms with Gasteiger partial charge in [-0.05, 0) is 18.6 Å². The van der Waals surface area contributed by atoms with E-state index in [0.29, 0.717) is 0 Å². The molecule has 0 fully saturated rings. The van der Waals surface area contributed by atoms with Gasteiger partial charge in [-0.2, -0.15) is 0 Å². The summed E-state index contributed by atoms with van der Waals surface area (Å²) in [6.07, 6.45) is 3.58. The van der Waals surface area contributed by atoms with E-state index in [1.807, 2.05) is 24.4 Å². The van der Waals surface area contributed by atoms with Crippen LogP contribution < -0.4 is 5.32 Å². The van der Waals surface area contributed by atoms with E-state index in [-0.39, 0.29) is 11.4 Å². The number of carbonyl (C=O) groups is 1. The largest absolute Gasteiger partial charge is 0.342 e. The number of amides is 1. The molecule has 0 radical (unpaired) electrons. The van der Waals surface area contributed by atoms with Crippen molar-refractivity contribution < 1.29 is 4.79 Å². The molecule has 0 bridgehead atoms. The first kappa shape index (κ1) is 10.0. The first-order valence-electron chi connectivity index (χ1n) is 5.33. The molecular formula is C12H11BrN2O. The Morgan fingerprint density at radius 2 is 2.31 bits per heavy atom. The highest BCUT2D eigenvalue weighted by atomic mass is 79.9. The van der Waals surface area contributed by atoms with E-state index in [1.54, 1.807) is 0 Å². The normalized spacial score (nSPS) is 26.9. The molecule has 3 nitrogen and oxygen atoms in total. The average molecular weight is 279 g/mol. The number of halogens is 1. The number of hydrogen-bond donors (Lipinski definition) is 1. The highest BCUT2D eigenvalue weighted by Gasteiger charge is 2.44. The molecule has 0 aromatic heterocycles. The van der Waals surface area contributed by atoms with Crippen LogP contribution in [-0.4, -0.2) is 18.7 Å². The Kier molecular flexibility index (Phi) is 2.14. The average Bonchev–Trinajstić information content (AvgIpc) is 2.55. The van der Waals surface area contributed by atoms with Crippen LogP contribution >= 0.6 is 15.9 Å². The molecule has 1 aromatic rings. The predicted octanol–water partition coefficient (Wildman–Crippen LogP) is 2.25. The molecule has 82 valence electrons. The summed E-state index contributed by atoms with van der Waals surface area (Å²) in [4.78, 5) is 16.1. The van der Waals surface area contributed by atoms with Crippen LogP contribution in [0, 0.1) is 0 Å². The molecular weight excluding hydrogens is 268 g/mol.